The van der Waals surface area contributed by atoms with Crippen LogP contribution < -0.4 is 0 Å². The molecular formula is C11H18ClCrNO4. The summed E-state index contributed by atoms with van der Waals surface area (Å²) in [4.78, 5) is 3.78. The Hall–Kier alpha value is -0.768. The van der Waals surface area contributed by atoms with E-state index in [1.54, 1.807) is 12.4 Å². The molecular weight excluding hydrogens is 298 g/mol. The van der Waals surface area contributed by atoms with Crippen LogP contribution in [0, 0.1) is 0 Å². The van der Waals surface area contributed by atoms with Gasteiger partial charge in [-0.3, -0.25) is 4.98 Å². The zero-order valence-electron chi connectivity index (χ0n) is 10.1. The molecule has 0 saturated carbocycles. The van der Waals surface area contributed by atoms with Crippen molar-refractivity contribution in [1.29, 1.82) is 0 Å². The van der Waals surface area contributed by atoms with Crippen molar-refractivity contribution in [3.8, 4) is 0 Å². The van der Waals surface area contributed by atoms with E-state index in [1.165, 1.54) is 0 Å². The van der Waals surface area contributed by atoms with Crippen molar-refractivity contribution in [2.24, 2.45) is 0 Å². The summed E-state index contributed by atoms with van der Waals surface area (Å²) in [6.45, 7) is 2.35. The van der Waals surface area contributed by atoms with E-state index < -0.39 is 12.4 Å². The molecule has 0 aromatic carbocycles. The van der Waals surface area contributed by atoms with Crippen LogP contribution in [0.1, 0.15) is 19.8 Å². The van der Waals surface area contributed by atoms with Gasteiger partial charge in [0, 0.05) is 19.0 Å². The third kappa shape index (κ3) is 36.2. The molecule has 0 fully saturated rings. The Morgan fingerprint density at radius 3 is 1.94 bits per heavy atom. The van der Waals surface area contributed by atoms with Crippen molar-refractivity contribution in [1.82, 2.24) is 4.98 Å². The number of aliphatic hydroxyl groups is 1. The zero-order valence-corrected chi connectivity index (χ0v) is 12.1. The first-order chi connectivity index (χ1) is 8.41. The van der Waals surface area contributed by atoms with Crippen LogP contribution in [0.3, 0.4) is 0 Å². The molecule has 0 radical (unpaired) electrons. The van der Waals surface area contributed by atoms with E-state index in [0.717, 1.165) is 12.8 Å². The molecule has 1 aromatic rings. The smallest absolute Gasteiger partial charge is 0.0267 e. The Labute approximate surface area is 113 Å². The predicted molar refractivity (Wildman–Crippen MR) is 64.8 cm³/mol. The largest absolute Gasteiger partial charge is 0.265 e. The molecule has 1 rings (SSSR count). The van der Waals surface area contributed by atoms with Gasteiger partial charge in [0.25, 0.3) is 0 Å². The Kier molecular flexibility index (Phi) is 15.5. The molecule has 0 aliphatic rings. The molecule has 2 N–H and O–H groups in total. The second kappa shape index (κ2) is 14.3. The summed E-state index contributed by atoms with van der Waals surface area (Å²) in [6, 6.07) is 5.72. The van der Waals surface area contributed by atoms with E-state index in [9.17, 15) is 0 Å². The quantitative estimate of drug-likeness (QED) is 0.836. The van der Waals surface area contributed by atoms with Crippen LogP contribution >= 0.6 is 10.0 Å². The van der Waals surface area contributed by atoms with Crippen LogP contribution in [0.15, 0.2) is 42.7 Å². The zero-order chi connectivity index (χ0) is 14.3. The third-order valence-electron chi connectivity index (χ3n) is 1.26. The molecule has 0 aliphatic carbocycles. The number of aliphatic hydroxyl groups excluding tert-OH is 1. The summed E-state index contributed by atoms with van der Waals surface area (Å²) in [7, 11) is 4.13. The second-order valence-corrected chi connectivity index (χ2v) is 5.72. The van der Waals surface area contributed by atoms with Gasteiger partial charge in [-0.25, -0.2) is 0 Å². The molecule has 0 bridgehead atoms. The molecule has 0 spiro atoms. The van der Waals surface area contributed by atoms with Gasteiger partial charge in [0.2, 0.25) is 0 Å². The normalized spacial score (nSPS) is 10.0. The number of hydrogen-bond donors (Lipinski definition) is 2. The number of pyridine rings is 1. The fourth-order valence-electron chi connectivity index (χ4n) is 0.672. The maximum Gasteiger partial charge on any atom is 0.0267 e. The molecule has 7 heteroatoms. The summed E-state index contributed by atoms with van der Waals surface area (Å²) in [5.74, 6) is 0. The Morgan fingerprint density at radius 1 is 1.22 bits per heavy atom. The minimum absolute atomic E-state index is 0.274. The van der Waals surface area contributed by atoms with E-state index in [2.05, 4.69) is 28.0 Å². The number of aromatic nitrogens is 1. The molecule has 0 atom stereocenters. The van der Waals surface area contributed by atoms with Gasteiger partial charge in [-0.05, 0) is 25.0 Å². The first-order valence-electron chi connectivity index (χ1n) is 5.19. The number of nitrogens with zero attached hydrogens (tertiary/aromatic N) is 1. The van der Waals surface area contributed by atoms with Crippen LogP contribution in [0.5, 0.6) is 0 Å². The summed E-state index contributed by atoms with van der Waals surface area (Å²) < 4.78 is 25.4. The van der Waals surface area contributed by atoms with Crippen molar-refractivity contribution in [2.75, 3.05) is 6.61 Å². The Bertz CT molecular complexity index is 347. The molecule has 5 nitrogen and oxygen atoms in total. The fraction of sp³-hybridized carbons (Fsp3) is 0.364. The van der Waals surface area contributed by atoms with Crippen LogP contribution in [0.25, 0.3) is 0 Å². The van der Waals surface area contributed by atoms with Gasteiger partial charge in [-0.1, -0.05) is 25.1 Å². The van der Waals surface area contributed by atoms with Gasteiger partial charge in [0.15, 0.2) is 0 Å². The first kappa shape index (κ1) is 19.6. The molecule has 18 heavy (non-hydrogen) atoms. The van der Waals surface area contributed by atoms with Gasteiger partial charge in [0.1, 0.15) is 0 Å². The van der Waals surface area contributed by atoms with Crippen LogP contribution in [0.2, 0.25) is 0 Å². The average molecular weight is 316 g/mol. The van der Waals surface area contributed by atoms with E-state index in [4.69, 9.17) is 16.9 Å². The summed E-state index contributed by atoms with van der Waals surface area (Å²) >= 11 is -4.78. The van der Waals surface area contributed by atoms with Crippen molar-refractivity contribution >= 4 is 10.0 Å². The molecule has 1 heterocycles. The van der Waals surface area contributed by atoms with Gasteiger partial charge < -0.3 is 5.11 Å². The average Bonchev–Trinajstić information content (AvgIpc) is 2.31. The van der Waals surface area contributed by atoms with Gasteiger partial charge >= 0.3 is 34.2 Å². The number of hydrogen-bond acceptors (Lipinski definition) is 4. The molecule has 104 valence electrons. The minimum atomic E-state index is -4.78. The standard InChI is InChI=1S/C6H12O.C5H5N.ClH.Cr.H2O.2O/c1-2-3-4-5-6-7;1-2-4-6-5-3-1;;;;;/h3-4,7H,2,5-6H2,1H3;1-5H;1H;;1H2;;/q;;;+2;;;/p-2/b4-3-;;;;;;. The van der Waals surface area contributed by atoms with Crippen molar-refractivity contribution < 1.29 is 29.2 Å². The van der Waals surface area contributed by atoms with Crippen LogP contribution in [-0.4, -0.2) is 20.9 Å². The summed E-state index contributed by atoms with van der Waals surface area (Å²) in [5.41, 5.74) is 0. The van der Waals surface area contributed by atoms with Crippen molar-refractivity contribution in [2.45, 2.75) is 19.8 Å². The van der Waals surface area contributed by atoms with Crippen molar-refractivity contribution in [3.05, 3.63) is 42.7 Å². The van der Waals surface area contributed by atoms with Gasteiger partial charge in [-0.2, -0.15) is 0 Å². The van der Waals surface area contributed by atoms with Crippen molar-refractivity contribution in [3.63, 3.8) is 0 Å². The molecule has 0 aliphatic heterocycles. The first-order valence-corrected chi connectivity index (χ1v) is 8.56. The summed E-state index contributed by atoms with van der Waals surface area (Å²) in [6.07, 6.45) is 9.41. The maximum atomic E-state index is 9.03. The van der Waals surface area contributed by atoms with E-state index in [1.807, 2.05) is 24.3 Å². The molecule has 1 aromatic heterocycles. The van der Waals surface area contributed by atoms with E-state index >= 15 is 0 Å². The fourth-order valence-corrected chi connectivity index (χ4v) is 0.672. The summed E-state index contributed by atoms with van der Waals surface area (Å²) in [5, 5.41) is 8.24. The second-order valence-electron chi connectivity index (χ2n) is 2.83. The third-order valence-corrected chi connectivity index (χ3v) is 1.26. The predicted octanol–water partition coefficient (Wildman–Crippen LogP) is 2.31. The Morgan fingerprint density at radius 2 is 1.72 bits per heavy atom. The van der Waals surface area contributed by atoms with Crippen LogP contribution in [-0.2, 0) is 20.0 Å². The maximum absolute atomic E-state index is 9.03. The number of allylic oxidation sites excluding steroid dienone is 1. The van der Waals surface area contributed by atoms with E-state index in [0.29, 0.717) is 0 Å². The van der Waals surface area contributed by atoms with Gasteiger partial charge in [0.05, 0.1) is 0 Å². The Balaban J connectivity index is 0. The topological polar surface area (TPSA) is 87.5 Å². The molecule has 0 unspecified atom stereocenters. The van der Waals surface area contributed by atoms with Gasteiger partial charge in [-0.15, -0.1) is 0 Å². The number of halogens is 1. The van der Waals surface area contributed by atoms with E-state index in [-0.39, 0.29) is 6.61 Å². The monoisotopic (exact) mass is 315 g/mol. The van der Waals surface area contributed by atoms with Crippen LogP contribution in [0.4, 0.5) is 0 Å². The number of rotatable bonds is 3. The molecule has 0 amide bonds. The SMILES string of the molecule is CC/C=C\CCO.[O]=[Cr](=[O])([OH])[Cl].c1ccncc1. The minimum Gasteiger partial charge on any atom is -0.265 e. The molecule has 0 saturated heterocycles.